The molecule has 0 aliphatic rings. The van der Waals surface area contributed by atoms with Crippen LogP contribution in [0.5, 0.6) is 0 Å². The Balaban J connectivity index is 4.56. The molecule has 0 aromatic heterocycles. The summed E-state index contributed by atoms with van der Waals surface area (Å²) in [7, 11) is 0. The number of allylic oxidation sites excluding steroid dienone is 8. The van der Waals surface area contributed by atoms with Gasteiger partial charge in [-0.1, -0.05) is 288 Å². The molecule has 0 radical (unpaired) electrons. The number of hydrogen-bond acceptors (Lipinski definition) is 5. The Bertz CT molecular complexity index is 1180. The minimum Gasteiger partial charge on any atom is -0.462 e. The Morgan fingerprint density at radius 3 is 1.17 bits per heavy atom. The Kier molecular flexibility index (Phi) is 54.9. The van der Waals surface area contributed by atoms with Crippen molar-refractivity contribution in [3.8, 4) is 0 Å². The minimum atomic E-state index is -0.793. The van der Waals surface area contributed by atoms with Gasteiger partial charge in [-0.25, -0.2) is 0 Å². The van der Waals surface area contributed by atoms with Gasteiger partial charge in [-0.15, -0.1) is 0 Å². The molecule has 3 atom stereocenters. The maximum Gasteiger partial charge on any atom is 0.306 e. The molecule has 0 saturated heterocycles. The summed E-state index contributed by atoms with van der Waals surface area (Å²) in [6.45, 7) is 6.41. The molecule has 0 spiro atoms. The van der Waals surface area contributed by atoms with Gasteiger partial charge >= 0.3 is 5.97 Å². The first-order valence-corrected chi connectivity index (χ1v) is 30.4. The molecule has 0 aliphatic carbocycles. The van der Waals surface area contributed by atoms with Gasteiger partial charge in [0.25, 0.3) is 0 Å². The zero-order valence-corrected chi connectivity index (χ0v) is 46.2. The van der Waals surface area contributed by atoms with Crippen LogP contribution in [0.4, 0.5) is 0 Å². The monoisotopic (exact) mass is 968 g/mol. The van der Waals surface area contributed by atoms with Gasteiger partial charge in [-0.2, -0.15) is 0 Å². The van der Waals surface area contributed by atoms with Crippen LogP contribution in [0, 0.1) is 0 Å². The van der Waals surface area contributed by atoms with Crippen LogP contribution in [-0.2, 0) is 14.3 Å². The second kappa shape index (κ2) is 56.7. The lowest BCUT2D eigenvalue weighted by Crippen LogP contribution is -2.46. The average Bonchev–Trinajstić information content (AvgIpc) is 3.34. The first kappa shape index (κ1) is 66.8. The summed E-state index contributed by atoms with van der Waals surface area (Å²) in [6.07, 6.45) is 70.4. The highest BCUT2D eigenvalue weighted by molar-refractivity contribution is 5.77. The first-order chi connectivity index (χ1) is 34.0. The van der Waals surface area contributed by atoms with E-state index in [4.69, 9.17) is 4.74 Å². The molecule has 3 unspecified atom stereocenters. The summed E-state index contributed by atoms with van der Waals surface area (Å²) >= 11 is 0. The van der Waals surface area contributed by atoms with Crippen LogP contribution < -0.4 is 5.32 Å². The number of carbonyl (C=O) groups excluding carboxylic acids is 2. The maximum absolute atomic E-state index is 13.3. The molecule has 0 saturated carbocycles. The molecule has 0 bridgehead atoms. The first-order valence-electron chi connectivity index (χ1n) is 30.4. The molecule has 6 heteroatoms. The predicted octanol–water partition coefficient (Wildman–Crippen LogP) is 19.0. The third-order valence-electron chi connectivity index (χ3n) is 13.9. The van der Waals surface area contributed by atoms with Crippen LogP contribution in [0.25, 0.3) is 0 Å². The molecule has 3 N–H and O–H groups in total. The molecule has 0 heterocycles. The highest BCUT2D eigenvalue weighted by Crippen LogP contribution is 2.19. The van der Waals surface area contributed by atoms with E-state index in [1.165, 1.54) is 193 Å². The summed E-state index contributed by atoms with van der Waals surface area (Å²) in [5, 5.41) is 24.0. The summed E-state index contributed by atoms with van der Waals surface area (Å²) < 4.78 is 5.96. The zero-order valence-electron chi connectivity index (χ0n) is 46.2. The van der Waals surface area contributed by atoms with E-state index in [-0.39, 0.29) is 24.9 Å². The number of aliphatic hydroxyl groups excluding tert-OH is 2. The smallest absolute Gasteiger partial charge is 0.306 e. The Morgan fingerprint density at radius 1 is 0.435 bits per heavy atom. The van der Waals surface area contributed by atoms with Gasteiger partial charge < -0.3 is 20.3 Å². The fourth-order valence-corrected chi connectivity index (χ4v) is 9.37. The van der Waals surface area contributed by atoms with Crippen molar-refractivity contribution in [2.24, 2.45) is 0 Å². The molecule has 0 aliphatic heterocycles. The third-order valence-corrected chi connectivity index (χ3v) is 13.9. The fraction of sp³-hybridized carbons (Fsp3) is 0.841. The summed E-state index contributed by atoms with van der Waals surface area (Å²) in [4.78, 5) is 26.3. The maximum atomic E-state index is 13.3. The van der Waals surface area contributed by atoms with Crippen molar-refractivity contribution in [2.75, 3.05) is 6.61 Å². The minimum absolute atomic E-state index is 0.0682. The zero-order chi connectivity index (χ0) is 50.2. The van der Waals surface area contributed by atoms with E-state index in [0.717, 1.165) is 77.0 Å². The number of amides is 1. The SMILES string of the molecule is CC/C=C/C/C=C/C/C=C/C/C=C/CCCCCC(=O)OC(CCCCCCCCCCCCCCCCCCC)CC(=O)NC(CO)C(O)CCCCCCCCCCCCCCCCCCC. The van der Waals surface area contributed by atoms with Gasteiger partial charge in [0.2, 0.25) is 5.91 Å². The van der Waals surface area contributed by atoms with E-state index in [1.807, 2.05) is 0 Å². The molecule has 0 aromatic carbocycles. The fourth-order valence-electron chi connectivity index (χ4n) is 9.37. The van der Waals surface area contributed by atoms with Crippen molar-refractivity contribution in [3.63, 3.8) is 0 Å². The predicted molar refractivity (Wildman–Crippen MR) is 301 cm³/mol. The van der Waals surface area contributed by atoms with E-state index in [9.17, 15) is 19.8 Å². The van der Waals surface area contributed by atoms with E-state index >= 15 is 0 Å². The van der Waals surface area contributed by atoms with Crippen molar-refractivity contribution in [1.82, 2.24) is 5.32 Å². The van der Waals surface area contributed by atoms with Crippen LogP contribution in [0.15, 0.2) is 48.6 Å². The number of unbranched alkanes of at least 4 members (excludes halogenated alkanes) is 35. The van der Waals surface area contributed by atoms with E-state index in [0.29, 0.717) is 19.3 Å². The molecule has 404 valence electrons. The Hall–Kier alpha value is -2.18. The number of nitrogens with one attached hydrogen (secondary N) is 1. The molecule has 1 amide bonds. The number of rotatable bonds is 55. The topological polar surface area (TPSA) is 95.9 Å². The number of ether oxygens (including phenoxy) is 1. The third kappa shape index (κ3) is 52.0. The van der Waals surface area contributed by atoms with Crippen molar-refractivity contribution >= 4 is 11.9 Å². The van der Waals surface area contributed by atoms with Crippen LogP contribution in [0.3, 0.4) is 0 Å². The highest BCUT2D eigenvalue weighted by Gasteiger charge is 2.24. The van der Waals surface area contributed by atoms with E-state index in [1.54, 1.807) is 0 Å². The van der Waals surface area contributed by atoms with Gasteiger partial charge in [-0.05, 0) is 64.2 Å². The molecular formula is C63H117NO5. The number of hydrogen-bond donors (Lipinski definition) is 3. The normalized spacial score (nSPS) is 13.4. The number of carbonyl (C=O) groups is 2. The molecule has 0 rings (SSSR count). The van der Waals surface area contributed by atoms with Crippen LogP contribution in [0.1, 0.15) is 316 Å². The van der Waals surface area contributed by atoms with Crippen molar-refractivity contribution in [2.45, 2.75) is 334 Å². The quantitative estimate of drug-likeness (QED) is 0.0321. The van der Waals surface area contributed by atoms with Gasteiger partial charge in [0.15, 0.2) is 0 Å². The Labute approximate surface area is 429 Å². The highest BCUT2D eigenvalue weighted by atomic mass is 16.5. The lowest BCUT2D eigenvalue weighted by Gasteiger charge is -2.24. The van der Waals surface area contributed by atoms with Gasteiger partial charge in [0, 0.05) is 6.42 Å². The van der Waals surface area contributed by atoms with Gasteiger partial charge in [0.05, 0.1) is 25.2 Å². The standard InChI is InChI=1S/C63H117NO5/c1-4-7-10-13-16-19-22-25-28-31-33-36-39-42-45-48-51-54-59(69-63(68)56-53-50-47-44-41-38-35-30-27-24-21-18-15-12-9-6-3)57-62(67)64-60(58-65)61(66)55-52-49-46-43-40-37-34-32-29-26-23-20-17-14-11-8-5-2/h9,12,18,21,27,30,38,41,59-61,65-66H,4-8,10-11,13-17,19-20,22-26,28-29,31-37,39-40,42-58H2,1-3H3,(H,64,67)/b12-9+,21-18+,30-27+,41-38+. The molecule has 6 nitrogen and oxygen atoms in total. The molecular weight excluding hydrogens is 851 g/mol. The summed E-state index contributed by atoms with van der Waals surface area (Å²) in [6, 6.07) is -0.708. The van der Waals surface area contributed by atoms with Crippen molar-refractivity contribution in [3.05, 3.63) is 48.6 Å². The summed E-state index contributed by atoms with van der Waals surface area (Å²) in [5.41, 5.74) is 0. The largest absolute Gasteiger partial charge is 0.462 e. The lowest BCUT2D eigenvalue weighted by molar-refractivity contribution is -0.151. The van der Waals surface area contributed by atoms with Crippen molar-refractivity contribution in [1.29, 1.82) is 0 Å². The lowest BCUT2D eigenvalue weighted by atomic mass is 10.0. The number of esters is 1. The molecule has 69 heavy (non-hydrogen) atoms. The van der Waals surface area contributed by atoms with E-state index in [2.05, 4.69) is 74.7 Å². The second-order valence-electron chi connectivity index (χ2n) is 20.7. The van der Waals surface area contributed by atoms with Gasteiger partial charge in [-0.3, -0.25) is 9.59 Å². The second-order valence-corrected chi connectivity index (χ2v) is 20.7. The summed E-state index contributed by atoms with van der Waals surface area (Å²) in [5.74, 6) is -0.494. The molecule has 0 fully saturated rings. The van der Waals surface area contributed by atoms with E-state index < -0.39 is 18.2 Å². The average molecular weight is 969 g/mol. The van der Waals surface area contributed by atoms with Crippen LogP contribution >= 0.6 is 0 Å². The van der Waals surface area contributed by atoms with Crippen molar-refractivity contribution < 1.29 is 24.5 Å². The number of aliphatic hydroxyl groups is 2. The van der Waals surface area contributed by atoms with Gasteiger partial charge in [0.1, 0.15) is 6.10 Å². The Morgan fingerprint density at radius 2 is 0.783 bits per heavy atom. The van der Waals surface area contributed by atoms with Crippen LogP contribution in [0.2, 0.25) is 0 Å². The van der Waals surface area contributed by atoms with Crippen LogP contribution in [-0.4, -0.2) is 46.9 Å². The molecule has 0 aromatic rings.